The summed E-state index contributed by atoms with van der Waals surface area (Å²) in [7, 11) is 0. The van der Waals surface area contributed by atoms with Crippen molar-refractivity contribution in [3.63, 3.8) is 0 Å². The number of alkyl halides is 3. The molecule has 0 aliphatic heterocycles. The average molecular weight is 293 g/mol. The SMILES string of the molecule is NCCN(Cc1ccc(SC(F)(F)F)cc1)C(N)=O. The van der Waals surface area contributed by atoms with E-state index in [0.29, 0.717) is 12.1 Å². The first-order valence-corrected chi connectivity index (χ1v) is 6.22. The summed E-state index contributed by atoms with van der Waals surface area (Å²) < 4.78 is 36.4. The fourth-order valence-electron chi connectivity index (χ4n) is 1.44. The first-order valence-electron chi connectivity index (χ1n) is 5.41. The molecule has 0 aromatic heterocycles. The molecule has 0 bridgehead atoms. The summed E-state index contributed by atoms with van der Waals surface area (Å²) in [5.74, 6) is 0. The second-order valence-electron chi connectivity index (χ2n) is 3.74. The summed E-state index contributed by atoms with van der Waals surface area (Å²) in [6.45, 7) is 0.794. The van der Waals surface area contributed by atoms with Crippen molar-refractivity contribution >= 4 is 17.8 Å². The van der Waals surface area contributed by atoms with E-state index in [9.17, 15) is 18.0 Å². The molecule has 106 valence electrons. The molecular weight excluding hydrogens is 279 g/mol. The van der Waals surface area contributed by atoms with Crippen molar-refractivity contribution in [2.75, 3.05) is 13.1 Å². The van der Waals surface area contributed by atoms with Gasteiger partial charge in [-0.2, -0.15) is 13.2 Å². The molecule has 0 spiro atoms. The Labute approximate surface area is 112 Å². The smallest absolute Gasteiger partial charge is 0.351 e. The van der Waals surface area contributed by atoms with Crippen LogP contribution in [0, 0.1) is 0 Å². The molecule has 0 radical (unpaired) electrons. The average Bonchev–Trinajstić information content (AvgIpc) is 2.29. The summed E-state index contributed by atoms with van der Waals surface area (Å²) in [6, 6.07) is 5.16. The zero-order valence-corrected chi connectivity index (χ0v) is 10.8. The molecule has 0 unspecified atom stereocenters. The maximum atomic E-state index is 12.1. The van der Waals surface area contributed by atoms with Crippen LogP contribution < -0.4 is 11.5 Å². The van der Waals surface area contributed by atoms with Gasteiger partial charge in [0.15, 0.2) is 0 Å². The quantitative estimate of drug-likeness (QED) is 0.817. The summed E-state index contributed by atoms with van der Waals surface area (Å²) in [4.78, 5) is 12.5. The largest absolute Gasteiger partial charge is 0.446 e. The summed E-state index contributed by atoms with van der Waals surface area (Å²) in [5.41, 5.74) is 6.89. The third-order valence-electron chi connectivity index (χ3n) is 2.24. The third kappa shape index (κ3) is 5.84. The van der Waals surface area contributed by atoms with E-state index in [1.165, 1.54) is 29.2 Å². The Morgan fingerprint density at radius 1 is 1.26 bits per heavy atom. The van der Waals surface area contributed by atoms with E-state index in [1.807, 2.05) is 0 Å². The van der Waals surface area contributed by atoms with E-state index in [-0.39, 0.29) is 29.7 Å². The molecule has 8 heteroatoms. The molecule has 0 aliphatic carbocycles. The number of urea groups is 1. The molecule has 4 nitrogen and oxygen atoms in total. The van der Waals surface area contributed by atoms with Gasteiger partial charge in [0.1, 0.15) is 0 Å². The molecule has 19 heavy (non-hydrogen) atoms. The van der Waals surface area contributed by atoms with Crippen LogP contribution in [-0.2, 0) is 6.54 Å². The predicted molar refractivity (Wildman–Crippen MR) is 67.4 cm³/mol. The van der Waals surface area contributed by atoms with Gasteiger partial charge in [-0.1, -0.05) is 12.1 Å². The number of hydrogen-bond donors (Lipinski definition) is 2. The van der Waals surface area contributed by atoms with E-state index in [0.717, 1.165) is 0 Å². The van der Waals surface area contributed by atoms with Crippen molar-refractivity contribution in [2.24, 2.45) is 11.5 Å². The van der Waals surface area contributed by atoms with Crippen LogP contribution in [0.25, 0.3) is 0 Å². The molecule has 0 saturated carbocycles. The normalized spacial score (nSPS) is 11.4. The van der Waals surface area contributed by atoms with Crippen molar-refractivity contribution in [2.45, 2.75) is 16.9 Å². The number of halogens is 3. The highest BCUT2D eigenvalue weighted by Crippen LogP contribution is 2.36. The van der Waals surface area contributed by atoms with Gasteiger partial charge in [-0.05, 0) is 29.5 Å². The lowest BCUT2D eigenvalue weighted by molar-refractivity contribution is -0.0328. The van der Waals surface area contributed by atoms with E-state index >= 15 is 0 Å². The highest BCUT2D eigenvalue weighted by molar-refractivity contribution is 8.00. The fourth-order valence-corrected chi connectivity index (χ4v) is 1.98. The maximum absolute atomic E-state index is 12.1. The standard InChI is InChI=1S/C11H14F3N3OS/c12-11(13,14)19-9-3-1-8(2-4-9)7-17(6-5-15)10(16)18/h1-4H,5-7,15H2,(H2,16,18). The third-order valence-corrected chi connectivity index (χ3v) is 2.98. The number of nitrogens with two attached hydrogens (primary N) is 2. The molecule has 0 fully saturated rings. The topological polar surface area (TPSA) is 72.3 Å². The molecule has 0 heterocycles. The van der Waals surface area contributed by atoms with Crippen molar-refractivity contribution in [1.82, 2.24) is 4.90 Å². The molecule has 1 rings (SSSR count). The second-order valence-corrected chi connectivity index (χ2v) is 4.88. The van der Waals surface area contributed by atoms with E-state index in [1.54, 1.807) is 0 Å². The highest BCUT2D eigenvalue weighted by Gasteiger charge is 2.29. The number of carbonyl (C=O) groups is 1. The number of carbonyl (C=O) groups excluding carboxylic acids is 1. The van der Waals surface area contributed by atoms with Crippen molar-refractivity contribution < 1.29 is 18.0 Å². The van der Waals surface area contributed by atoms with Crippen LogP contribution >= 0.6 is 11.8 Å². The molecule has 1 aromatic rings. The summed E-state index contributed by atoms with van der Waals surface area (Å²) >= 11 is -0.180. The molecule has 0 aliphatic rings. The number of nitrogens with zero attached hydrogens (tertiary/aromatic N) is 1. The number of hydrogen-bond acceptors (Lipinski definition) is 3. The fraction of sp³-hybridized carbons (Fsp3) is 0.364. The van der Waals surface area contributed by atoms with Crippen molar-refractivity contribution in [3.05, 3.63) is 29.8 Å². The maximum Gasteiger partial charge on any atom is 0.446 e. The van der Waals surface area contributed by atoms with Gasteiger partial charge in [0.2, 0.25) is 0 Å². The van der Waals surface area contributed by atoms with E-state index in [4.69, 9.17) is 11.5 Å². The molecule has 1 aromatic carbocycles. The lowest BCUT2D eigenvalue weighted by Gasteiger charge is -2.19. The zero-order chi connectivity index (χ0) is 14.5. The number of primary amides is 1. The van der Waals surface area contributed by atoms with E-state index < -0.39 is 11.5 Å². The Kier molecular flexibility index (Phi) is 5.49. The minimum Gasteiger partial charge on any atom is -0.351 e. The minimum absolute atomic E-state index is 0.0979. The minimum atomic E-state index is -4.31. The lowest BCUT2D eigenvalue weighted by Crippen LogP contribution is -2.38. The first-order chi connectivity index (χ1) is 8.81. The van der Waals surface area contributed by atoms with Crippen LogP contribution in [0.4, 0.5) is 18.0 Å². The number of benzene rings is 1. The van der Waals surface area contributed by atoms with Gasteiger partial charge < -0.3 is 16.4 Å². The summed E-state index contributed by atoms with van der Waals surface area (Å²) in [6.07, 6.45) is 0. The van der Waals surface area contributed by atoms with Crippen molar-refractivity contribution in [1.29, 1.82) is 0 Å². The Morgan fingerprint density at radius 3 is 2.26 bits per heavy atom. The molecule has 4 N–H and O–H groups in total. The predicted octanol–water partition coefficient (Wildman–Crippen LogP) is 2.14. The van der Waals surface area contributed by atoms with Crippen LogP contribution in [0.2, 0.25) is 0 Å². The van der Waals surface area contributed by atoms with Crippen molar-refractivity contribution in [3.8, 4) is 0 Å². The number of thioether (sulfide) groups is 1. The Bertz CT molecular complexity index is 422. The monoisotopic (exact) mass is 293 g/mol. The second kappa shape index (κ2) is 6.67. The van der Waals surface area contributed by atoms with Crippen LogP contribution in [0.1, 0.15) is 5.56 Å². The lowest BCUT2D eigenvalue weighted by atomic mass is 10.2. The van der Waals surface area contributed by atoms with Crippen LogP contribution in [0.3, 0.4) is 0 Å². The zero-order valence-electron chi connectivity index (χ0n) is 9.98. The van der Waals surface area contributed by atoms with Gasteiger partial charge in [0.25, 0.3) is 0 Å². The van der Waals surface area contributed by atoms with Crippen LogP contribution in [0.5, 0.6) is 0 Å². The van der Waals surface area contributed by atoms with Gasteiger partial charge >= 0.3 is 11.5 Å². The first kappa shape index (κ1) is 15.6. The molecular formula is C11H14F3N3OS. The molecule has 0 atom stereocenters. The molecule has 2 amide bonds. The highest BCUT2D eigenvalue weighted by atomic mass is 32.2. The van der Waals surface area contributed by atoms with Crippen LogP contribution in [0.15, 0.2) is 29.2 Å². The van der Waals surface area contributed by atoms with Gasteiger partial charge in [0, 0.05) is 24.5 Å². The Hall–Kier alpha value is -1.41. The van der Waals surface area contributed by atoms with Gasteiger partial charge in [-0.3, -0.25) is 0 Å². The molecule has 0 saturated heterocycles. The van der Waals surface area contributed by atoms with Gasteiger partial charge in [-0.15, -0.1) is 0 Å². The Morgan fingerprint density at radius 2 is 1.84 bits per heavy atom. The van der Waals surface area contributed by atoms with E-state index in [2.05, 4.69) is 0 Å². The van der Waals surface area contributed by atoms with Crippen LogP contribution in [-0.4, -0.2) is 29.5 Å². The summed E-state index contributed by atoms with van der Waals surface area (Å²) in [5, 5.41) is 0. The van der Waals surface area contributed by atoms with Gasteiger partial charge in [0.05, 0.1) is 0 Å². The number of amides is 2. The number of rotatable bonds is 5. The Balaban J connectivity index is 2.68. The van der Waals surface area contributed by atoms with Gasteiger partial charge in [-0.25, -0.2) is 4.79 Å².